The van der Waals surface area contributed by atoms with E-state index in [0.717, 1.165) is 29.3 Å². The zero-order valence-corrected chi connectivity index (χ0v) is 19.2. The van der Waals surface area contributed by atoms with Gasteiger partial charge in [0.25, 0.3) is 5.56 Å². The van der Waals surface area contributed by atoms with E-state index in [1.54, 1.807) is 15.0 Å². The van der Waals surface area contributed by atoms with Crippen molar-refractivity contribution >= 4 is 40.4 Å². The third-order valence-electron chi connectivity index (χ3n) is 5.06. The SMILES string of the molecule is CCCNC(=O)NC(=O)CSc1nnc2n(Cc3ccc(C)cc3)c(=O)c3ccccc3n12. The van der Waals surface area contributed by atoms with Gasteiger partial charge in [0.05, 0.1) is 23.2 Å². The molecule has 4 aromatic rings. The largest absolute Gasteiger partial charge is 0.338 e. The summed E-state index contributed by atoms with van der Waals surface area (Å²) in [5.41, 5.74) is 2.60. The third-order valence-corrected chi connectivity index (χ3v) is 5.99. The summed E-state index contributed by atoms with van der Waals surface area (Å²) >= 11 is 1.15. The van der Waals surface area contributed by atoms with Crippen LogP contribution in [0.4, 0.5) is 4.79 Å². The number of urea groups is 1. The molecule has 33 heavy (non-hydrogen) atoms. The molecule has 9 nitrogen and oxygen atoms in total. The van der Waals surface area contributed by atoms with Crippen molar-refractivity contribution < 1.29 is 9.59 Å². The van der Waals surface area contributed by atoms with Crippen molar-refractivity contribution in [1.29, 1.82) is 0 Å². The Balaban J connectivity index is 1.67. The fraction of sp³-hybridized carbons (Fsp3) is 0.261. The lowest BCUT2D eigenvalue weighted by molar-refractivity contribution is -0.117. The van der Waals surface area contributed by atoms with E-state index in [4.69, 9.17) is 0 Å². The lowest BCUT2D eigenvalue weighted by atomic mass is 10.1. The number of carbonyl (C=O) groups excluding carboxylic acids is 2. The first-order chi connectivity index (χ1) is 16.0. The molecule has 4 rings (SSSR count). The molecular formula is C23H24N6O3S. The van der Waals surface area contributed by atoms with Crippen molar-refractivity contribution in [2.45, 2.75) is 32.0 Å². The van der Waals surface area contributed by atoms with Crippen LogP contribution < -0.4 is 16.2 Å². The van der Waals surface area contributed by atoms with E-state index in [-0.39, 0.29) is 11.3 Å². The molecule has 2 heterocycles. The Kier molecular flexibility index (Phi) is 6.74. The standard InChI is InChI=1S/C23H24N6O3S/c1-3-12-24-21(32)25-19(30)14-33-23-27-26-22-28(13-16-10-8-15(2)9-11-16)20(31)17-6-4-5-7-18(17)29(22)23/h4-11H,3,12-14H2,1-2H3,(H2,24,25,30,32). The lowest BCUT2D eigenvalue weighted by Crippen LogP contribution is -2.40. The minimum absolute atomic E-state index is 0.0221. The van der Waals surface area contributed by atoms with Gasteiger partial charge in [-0.05, 0) is 31.0 Å². The molecule has 0 radical (unpaired) electrons. The van der Waals surface area contributed by atoms with E-state index >= 15 is 0 Å². The zero-order chi connectivity index (χ0) is 23.4. The highest BCUT2D eigenvalue weighted by Gasteiger charge is 2.18. The lowest BCUT2D eigenvalue weighted by Gasteiger charge is -2.11. The number of aromatic nitrogens is 4. The Morgan fingerprint density at radius 1 is 1.06 bits per heavy atom. The molecule has 0 fully saturated rings. The summed E-state index contributed by atoms with van der Waals surface area (Å²) in [4.78, 5) is 37.2. The molecule has 0 aliphatic heterocycles. The summed E-state index contributed by atoms with van der Waals surface area (Å²) in [6, 6.07) is 14.7. The van der Waals surface area contributed by atoms with Gasteiger partial charge < -0.3 is 5.32 Å². The Hall–Kier alpha value is -3.66. The molecule has 0 bridgehead atoms. The number of hydrogen-bond donors (Lipinski definition) is 2. The second kappa shape index (κ2) is 9.86. The van der Waals surface area contributed by atoms with Crippen molar-refractivity contribution in [3.63, 3.8) is 0 Å². The van der Waals surface area contributed by atoms with E-state index < -0.39 is 11.9 Å². The van der Waals surface area contributed by atoms with Crippen LogP contribution in [-0.2, 0) is 11.3 Å². The van der Waals surface area contributed by atoms with Crippen LogP contribution >= 0.6 is 11.8 Å². The highest BCUT2D eigenvalue weighted by molar-refractivity contribution is 7.99. The normalized spacial score (nSPS) is 11.1. The molecule has 0 saturated carbocycles. The van der Waals surface area contributed by atoms with Gasteiger partial charge in [0.1, 0.15) is 0 Å². The summed E-state index contributed by atoms with van der Waals surface area (Å²) in [7, 11) is 0. The first-order valence-electron chi connectivity index (χ1n) is 10.6. The maximum Gasteiger partial charge on any atom is 0.321 e. The van der Waals surface area contributed by atoms with Gasteiger partial charge in [0.15, 0.2) is 5.16 Å². The van der Waals surface area contributed by atoms with Crippen molar-refractivity contribution in [2.75, 3.05) is 12.3 Å². The summed E-state index contributed by atoms with van der Waals surface area (Å²) in [5, 5.41) is 14.4. The highest BCUT2D eigenvalue weighted by atomic mass is 32.2. The molecule has 0 aliphatic carbocycles. The monoisotopic (exact) mass is 464 g/mol. The average Bonchev–Trinajstić information content (AvgIpc) is 3.24. The van der Waals surface area contributed by atoms with Crippen molar-refractivity contribution in [2.24, 2.45) is 0 Å². The van der Waals surface area contributed by atoms with Crippen LogP contribution in [0.1, 0.15) is 24.5 Å². The highest BCUT2D eigenvalue weighted by Crippen LogP contribution is 2.22. The second-order valence-electron chi connectivity index (χ2n) is 7.60. The van der Waals surface area contributed by atoms with Gasteiger partial charge in [0.2, 0.25) is 11.7 Å². The number of thioether (sulfide) groups is 1. The van der Waals surface area contributed by atoms with Crippen molar-refractivity contribution in [1.82, 2.24) is 29.8 Å². The van der Waals surface area contributed by atoms with Crippen molar-refractivity contribution in [3.05, 3.63) is 70.0 Å². The van der Waals surface area contributed by atoms with Gasteiger partial charge in [-0.25, -0.2) is 4.79 Å². The molecule has 0 saturated heterocycles. The van der Waals surface area contributed by atoms with Gasteiger partial charge in [-0.2, -0.15) is 0 Å². The zero-order valence-electron chi connectivity index (χ0n) is 18.4. The van der Waals surface area contributed by atoms with Crippen LogP contribution in [-0.4, -0.2) is 43.4 Å². The Bertz CT molecular complexity index is 1380. The van der Waals surface area contributed by atoms with E-state index in [0.29, 0.717) is 34.9 Å². The molecule has 0 spiro atoms. The van der Waals surface area contributed by atoms with Crippen molar-refractivity contribution in [3.8, 4) is 0 Å². The van der Waals surface area contributed by atoms with E-state index in [2.05, 4.69) is 20.8 Å². The minimum atomic E-state index is -0.522. The first kappa shape index (κ1) is 22.5. The fourth-order valence-electron chi connectivity index (χ4n) is 3.42. The number of benzene rings is 2. The Labute approximate surface area is 194 Å². The number of amides is 3. The Morgan fingerprint density at radius 2 is 1.82 bits per heavy atom. The number of aryl methyl sites for hydroxylation is 1. The van der Waals surface area contributed by atoms with Gasteiger partial charge in [0, 0.05) is 6.54 Å². The number of para-hydroxylation sites is 1. The molecule has 2 aromatic heterocycles. The summed E-state index contributed by atoms with van der Waals surface area (Å²) in [6.45, 7) is 4.77. The molecular weight excluding hydrogens is 440 g/mol. The summed E-state index contributed by atoms with van der Waals surface area (Å²) < 4.78 is 3.36. The van der Waals surface area contributed by atoms with Gasteiger partial charge in [-0.15, -0.1) is 10.2 Å². The number of hydrogen-bond acceptors (Lipinski definition) is 6. The summed E-state index contributed by atoms with van der Waals surface area (Å²) in [6.07, 6.45) is 0.777. The van der Waals surface area contributed by atoms with E-state index in [9.17, 15) is 14.4 Å². The number of rotatable bonds is 7. The molecule has 2 N–H and O–H groups in total. The molecule has 10 heteroatoms. The minimum Gasteiger partial charge on any atom is -0.338 e. The van der Waals surface area contributed by atoms with E-state index in [1.165, 1.54) is 0 Å². The third kappa shape index (κ3) is 4.90. The summed E-state index contributed by atoms with van der Waals surface area (Å²) in [5.74, 6) is -0.0725. The molecule has 170 valence electrons. The number of carbonyl (C=O) groups is 2. The predicted octanol–water partition coefficient (Wildman–Crippen LogP) is 2.73. The quantitative estimate of drug-likeness (QED) is 0.407. The van der Waals surface area contributed by atoms with Gasteiger partial charge >= 0.3 is 6.03 Å². The molecule has 3 amide bonds. The number of nitrogens with zero attached hydrogens (tertiary/aromatic N) is 4. The van der Waals surface area contributed by atoms with E-state index in [1.807, 2.05) is 56.3 Å². The van der Waals surface area contributed by atoms with Crippen LogP contribution in [0.2, 0.25) is 0 Å². The number of imide groups is 1. The maximum absolute atomic E-state index is 13.3. The number of fused-ring (bicyclic) bond motifs is 3. The maximum atomic E-state index is 13.3. The number of nitrogens with one attached hydrogen (secondary N) is 2. The van der Waals surface area contributed by atoms with Gasteiger partial charge in [-0.3, -0.25) is 23.9 Å². The first-order valence-corrected chi connectivity index (χ1v) is 11.6. The van der Waals surface area contributed by atoms with Crippen LogP contribution in [0.3, 0.4) is 0 Å². The molecule has 0 atom stereocenters. The van der Waals surface area contributed by atoms with Crippen LogP contribution in [0.25, 0.3) is 16.7 Å². The van der Waals surface area contributed by atoms with Crippen LogP contribution in [0.5, 0.6) is 0 Å². The Morgan fingerprint density at radius 3 is 2.58 bits per heavy atom. The predicted molar refractivity (Wildman–Crippen MR) is 128 cm³/mol. The molecule has 0 aliphatic rings. The van der Waals surface area contributed by atoms with Crippen LogP contribution in [0.15, 0.2) is 58.5 Å². The van der Waals surface area contributed by atoms with Gasteiger partial charge in [-0.1, -0.05) is 60.6 Å². The second-order valence-corrected chi connectivity index (χ2v) is 8.55. The average molecular weight is 465 g/mol. The topological polar surface area (TPSA) is 110 Å². The fourth-order valence-corrected chi connectivity index (χ4v) is 4.16. The van der Waals surface area contributed by atoms with Crippen LogP contribution in [0, 0.1) is 6.92 Å². The molecule has 0 unspecified atom stereocenters. The molecule has 2 aromatic carbocycles. The smallest absolute Gasteiger partial charge is 0.321 e.